The van der Waals surface area contributed by atoms with E-state index in [0.717, 1.165) is 31.0 Å². The van der Waals surface area contributed by atoms with Crippen molar-refractivity contribution in [2.24, 2.45) is 0 Å². The smallest absolute Gasteiger partial charge is 0.261 e. The number of aryl methyl sites for hydroxylation is 1. The van der Waals surface area contributed by atoms with Crippen molar-refractivity contribution in [2.45, 2.75) is 24.8 Å². The van der Waals surface area contributed by atoms with Crippen LogP contribution in [0, 0.1) is 0 Å². The number of para-hydroxylation sites is 1. The minimum atomic E-state index is 0.0413. The summed E-state index contributed by atoms with van der Waals surface area (Å²) < 4.78 is 1.78. The van der Waals surface area contributed by atoms with Crippen LogP contribution >= 0.6 is 11.8 Å². The molecule has 0 saturated carbocycles. The van der Waals surface area contributed by atoms with Crippen molar-refractivity contribution in [1.29, 1.82) is 0 Å². The number of amides is 1. The molecule has 4 nitrogen and oxygen atoms in total. The maximum Gasteiger partial charge on any atom is 0.261 e. The Kier molecular flexibility index (Phi) is 3.78. The molecule has 0 N–H and O–H groups in total. The van der Waals surface area contributed by atoms with Gasteiger partial charge < -0.3 is 4.90 Å². The average molecular weight is 287 g/mol. The van der Waals surface area contributed by atoms with Crippen molar-refractivity contribution < 1.29 is 4.79 Å². The lowest BCUT2D eigenvalue weighted by Crippen LogP contribution is -2.31. The van der Waals surface area contributed by atoms with Crippen LogP contribution in [0.2, 0.25) is 0 Å². The molecule has 0 atom stereocenters. The fourth-order valence-corrected chi connectivity index (χ4v) is 3.34. The lowest BCUT2D eigenvalue weighted by molar-refractivity contribution is 0.0986. The van der Waals surface area contributed by atoms with Gasteiger partial charge in [0.15, 0.2) is 0 Å². The van der Waals surface area contributed by atoms with E-state index in [-0.39, 0.29) is 5.91 Å². The number of carbonyl (C=O) groups excluding carboxylic acids is 1. The molecule has 3 rings (SSSR count). The van der Waals surface area contributed by atoms with E-state index in [9.17, 15) is 4.79 Å². The van der Waals surface area contributed by atoms with Crippen LogP contribution < -0.4 is 4.90 Å². The summed E-state index contributed by atoms with van der Waals surface area (Å²) >= 11 is 1.82. The zero-order chi connectivity index (χ0) is 13.9. The Morgan fingerprint density at radius 1 is 1.40 bits per heavy atom. The number of hydrogen-bond acceptors (Lipinski definition) is 3. The van der Waals surface area contributed by atoms with E-state index < -0.39 is 0 Å². The fourth-order valence-electron chi connectivity index (χ4n) is 2.34. The molecule has 2 aromatic rings. The van der Waals surface area contributed by atoms with Gasteiger partial charge in [0.1, 0.15) is 0 Å². The average Bonchev–Trinajstić information content (AvgIpc) is 2.86. The van der Waals surface area contributed by atoms with Crippen LogP contribution in [0.3, 0.4) is 0 Å². The maximum absolute atomic E-state index is 12.7. The molecule has 0 saturated heterocycles. The third-order valence-electron chi connectivity index (χ3n) is 3.39. The maximum atomic E-state index is 12.7. The number of thioether (sulfide) groups is 1. The van der Waals surface area contributed by atoms with Crippen LogP contribution in [-0.4, -0.2) is 28.0 Å². The molecule has 1 aliphatic rings. The molecular weight excluding hydrogens is 270 g/mol. The van der Waals surface area contributed by atoms with Gasteiger partial charge in [-0.3, -0.25) is 9.48 Å². The molecule has 0 aliphatic carbocycles. The Bertz CT molecular complexity index is 623. The fraction of sp³-hybridized carbons (Fsp3) is 0.333. The number of carbonyl (C=O) groups is 1. The third kappa shape index (κ3) is 2.45. The highest BCUT2D eigenvalue weighted by atomic mass is 32.2. The van der Waals surface area contributed by atoms with Crippen molar-refractivity contribution in [3.05, 3.63) is 42.2 Å². The van der Waals surface area contributed by atoms with Crippen molar-refractivity contribution in [1.82, 2.24) is 9.78 Å². The molecule has 1 aliphatic heterocycles. The Balaban J connectivity index is 1.94. The lowest BCUT2D eigenvalue weighted by Gasteiger charge is -2.21. The van der Waals surface area contributed by atoms with Gasteiger partial charge in [-0.15, -0.1) is 11.8 Å². The van der Waals surface area contributed by atoms with Gasteiger partial charge in [-0.1, -0.05) is 12.1 Å². The lowest BCUT2D eigenvalue weighted by atomic mass is 10.2. The van der Waals surface area contributed by atoms with E-state index in [1.54, 1.807) is 10.9 Å². The summed E-state index contributed by atoms with van der Waals surface area (Å²) in [6.45, 7) is 3.55. The van der Waals surface area contributed by atoms with E-state index >= 15 is 0 Å². The van der Waals surface area contributed by atoms with Crippen molar-refractivity contribution in [3.63, 3.8) is 0 Å². The zero-order valence-corrected chi connectivity index (χ0v) is 12.3. The highest BCUT2D eigenvalue weighted by molar-refractivity contribution is 7.99. The number of anilines is 1. The quantitative estimate of drug-likeness (QED) is 0.852. The molecule has 0 unspecified atom stereocenters. The molecule has 20 heavy (non-hydrogen) atoms. The SMILES string of the molecule is CCn1cc(C(=O)N2CCCSc3ccccc32)cn1. The normalized spacial score (nSPS) is 14.8. The first kappa shape index (κ1) is 13.2. The summed E-state index contributed by atoms with van der Waals surface area (Å²) in [4.78, 5) is 15.8. The van der Waals surface area contributed by atoms with Gasteiger partial charge in [0.05, 0.1) is 17.4 Å². The number of rotatable bonds is 2. The van der Waals surface area contributed by atoms with Crippen LogP contribution in [0.15, 0.2) is 41.6 Å². The first-order valence-corrected chi connectivity index (χ1v) is 7.84. The van der Waals surface area contributed by atoms with Gasteiger partial charge in [0.25, 0.3) is 5.91 Å². The van der Waals surface area contributed by atoms with Gasteiger partial charge in [0.2, 0.25) is 0 Å². The van der Waals surface area contributed by atoms with Crippen molar-refractivity contribution in [2.75, 3.05) is 17.2 Å². The molecule has 1 aromatic heterocycles. The highest BCUT2D eigenvalue weighted by Crippen LogP contribution is 2.34. The van der Waals surface area contributed by atoms with Crippen LogP contribution in [0.1, 0.15) is 23.7 Å². The molecule has 0 radical (unpaired) electrons. The van der Waals surface area contributed by atoms with Gasteiger partial charge in [-0.2, -0.15) is 5.10 Å². The molecular formula is C15H17N3OS. The van der Waals surface area contributed by atoms with Crippen molar-refractivity contribution in [3.8, 4) is 0 Å². The summed E-state index contributed by atoms with van der Waals surface area (Å²) in [5.74, 6) is 1.09. The second-order valence-corrected chi connectivity index (χ2v) is 5.85. The second kappa shape index (κ2) is 5.71. The molecule has 5 heteroatoms. The van der Waals surface area contributed by atoms with Gasteiger partial charge >= 0.3 is 0 Å². The molecule has 2 heterocycles. The minimum absolute atomic E-state index is 0.0413. The first-order chi connectivity index (χ1) is 9.79. The van der Waals surface area contributed by atoms with Crippen LogP contribution in [0.5, 0.6) is 0 Å². The summed E-state index contributed by atoms with van der Waals surface area (Å²) in [6, 6.07) is 8.12. The van der Waals surface area contributed by atoms with E-state index in [0.29, 0.717) is 5.56 Å². The van der Waals surface area contributed by atoms with Crippen LogP contribution in [-0.2, 0) is 6.54 Å². The Morgan fingerprint density at radius 2 is 2.25 bits per heavy atom. The van der Waals surface area contributed by atoms with E-state index in [1.165, 1.54) is 4.90 Å². The standard InChI is InChI=1S/C15H17N3OS/c1-2-17-11-12(10-16-17)15(19)18-8-5-9-20-14-7-4-3-6-13(14)18/h3-4,6-7,10-11H,2,5,8-9H2,1H3. The zero-order valence-electron chi connectivity index (χ0n) is 11.5. The number of aromatic nitrogens is 2. The number of fused-ring (bicyclic) bond motifs is 1. The Hall–Kier alpha value is -1.75. The van der Waals surface area contributed by atoms with Crippen LogP contribution in [0.25, 0.3) is 0 Å². The number of hydrogen-bond donors (Lipinski definition) is 0. The van der Waals surface area contributed by atoms with E-state index in [4.69, 9.17) is 0 Å². The van der Waals surface area contributed by atoms with Gasteiger partial charge in [0, 0.05) is 24.2 Å². The first-order valence-electron chi connectivity index (χ1n) is 6.85. The summed E-state index contributed by atoms with van der Waals surface area (Å²) in [7, 11) is 0. The second-order valence-electron chi connectivity index (χ2n) is 4.71. The summed E-state index contributed by atoms with van der Waals surface area (Å²) in [5.41, 5.74) is 1.68. The molecule has 1 amide bonds. The number of nitrogens with zero attached hydrogens (tertiary/aromatic N) is 3. The van der Waals surface area contributed by atoms with E-state index in [2.05, 4.69) is 11.2 Å². The Labute approximate surface area is 122 Å². The minimum Gasteiger partial charge on any atom is -0.307 e. The number of benzene rings is 1. The molecule has 0 spiro atoms. The van der Waals surface area contributed by atoms with E-state index in [1.807, 2.05) is 48.0 Å². The topological polar surface area (TPSA) is 38.1 Å². The Morgan fingerprint density at radius 3 is 3.05 bits per heavy atom. The molecule has 1 aromatic carbocycles. The highest BCUT2D eigenvalue weighted by Gasteiger charge is 2.23. The summed E-state index contributed by atoms with van der Waals surface area (Å²) in [6.07, 6.45) is 4.49. The predicted molar refractivity (Wildman–Crippen MR) is 81.4 cm³/mol. The van der Waals surface area contributed by atoms with Gasteiger partial charge in [-0.25, -0.2) is 0 Å². The van der Waals surface area contributed by atoms with Gasteiger partial charge in [-0.05, 0) is 31.2 Å². The van der Waals surface area contributed by atoms with Crippen LogP contribution in [0.4, 0.5) is 5.69 Å². The monoisotopic (exact) mass is 287 g/mol. The largest absolute Gasteiger partial charge is 0.307 e. The predicted octanol–water partition coefficient (Wildman–Crippen LogP) is 3.05. The third-order valence-corrected chi connectivity index (χ3v) is 4.54. The molecule has 0 bridgehead atoms. The van der Waals surface area contributed by atoms with Crippen molar-refractivity contribution >= 4 is 23.4 Å². The molecule has 0 fully saturated rings. The molecule has 104 valence electrons. The summed E-state index contributed by atoms with van der Waals surface area (Å²) in [5, 5.41) is 4.19.